The highest BCUT2D eigenvalue weighted by Gasteiger charge is 2.15. The quantitative estimate of drug-likeness (QED) is 0.703. The third-order valence-electron chi connectivity index (χ3n) is 3.51. The number of carbonyl (C=O) groups is 1. The van der Waals surface area contributed by atoms with E-state index in [-0.39, 0.29) is 5.91 Å². The van der Waals surface area contributed by atoms with Crippen LogP contribution in [0.2, 0.25) is 0 Å². The minimum absolute atomic E-state index is 0.216. The SMILES string of the molecule is CCOCCOc1cccc(NC(=O)C(C)Oc2ccc(C)cc2)c1. The Labute approximate surface area is 148 Å². The summed E-state index contributed by atoms with van der Waals surface area (Å²) in [7, 11) is 0. The molecule has 1 amide bonds. The van der Waals surface area contributed by atoms with E-state index in [2.05, 4.69) is 5.32 Å². The topological polar surface area (TPSA) is 56.8 Å². The molecule has 0 radical (unpaired) electrons. The minimum atomic E-state index is -0.606. The molecule has 5 heteroatoms. The number of benzene rings is 2. The molecule has 0 saturated heterocycles. The first-order chi connectivity index (χ1) is 12.1. The minimum Gasteiger partial charge on any atom is -0.491 e. The predicted octanol–water partition coefficient (Wildman–Crippen LogP) is 3.82. The number of hydrogen-bond acceptors (Lipinski definition) is 4. The summed E-state index contributed by atoms with van der Waals surface area (Å²) in [6, 6.07) is 14.9. The van der Waals surface area contributed by atoms with Crippen LogP contribution in [0.25, 0.3) is 0 Å². The average Bonchev–Trinajstić information content (AvgIpc) is 2.61. The van der Waals surface area contributed by atoms with Crippen LogP contribution in [0.1, 0.15) is 19.4 Å². The van der Waals surface area contributed by atoms with Crippen LogP contribution >= 0.6 is 0 Å². The van der Waals surface area contributed by atoms with Crippen molar-refractivity contribution in [1.82, 2.24) is 0 Å². The van der Waals surface area contributed by atoms with Crippen molar-refractivity contribution in [3.8, 4) is 11.5 Å². The molecule has 2 rings (SSSR count). The molecule has 5 nitrogen and oxygen atoms in total. The molecule has 2 aromatic carbocycles. The highest BCUT2D eigenvalue weighted by Crippen LogP contribution is 2.18. The Bertz CT molecular complexity index is 670. The Morgan fingerprint density at radius 1 is 1.08 bits per heavy atom. The molecule has 0 heterocycles. The van der Waals surface area contributed by atoms with E-state index in [1.807, 2.05) is 56.3 Å². The van der Waals surface area contributed by atoms with Gasteiger partial charge in [-0.1, -0.05) is 23.8 Å². The molecule has 0 aliphatic rings. The summed E-state index contributed by atoms with van der Waals surface area (Å²) in [5.41, 5.74) is 1.81. The lowest BCUT2D eigenvalue weighted by atomic mass is 10.2. The van der Waals surface area contributed by atoms with Gasteiger partial charge in [-0.3, -0.25) is 4.79 Å². The summed E-state index contributed by atoms with van der Waals surface area (Å²) in [5, 5.41) is 2.84. The molecule has 0 saturated carbocycles. The largest absolute Gasteiger partial charge is 0.491 e. The fourth-order valence-corrected chi connectivity index (χ4v) is 2.14. The molecule has 1 atom stereocenters. The molecule has 0 aliphatic heterocycles. The number of rotatable bonds is 9. The first kappa shape index (κ1) is 18.8. The Kier molecular flexibility index (Phi) is 7.29. The van der Waals surface area contributed by atoms with Crippen molar-refractivity contribution >= 4 is 11.6 Å². The number of amides is 1. The lowest BCUT2D eigenvalue weighted by Gasteiger charge is -2.15. The van der Waals surface area contributed by atoms with Gasteiger partial charge < -0.3 is 19.5 Å². The van der Waals surface area contributed by atoms with E-state index in [1.165, 1.54) is 0 Å². The molecule has 0 bridgehead atoms. The summed E-state index contributed by atoms with van der Waals surface area (Å²) < 4.78 is 16.5. The van der Waals surface area contributed by atoms with Crippen LogP contribution in [0.4, 0.5) is 5.69 Å². The van der Waals surface area contributed by atoms with Gasteiger partial charge in [-0.05, 0) is 45.0 Å². The smallest absolute Gasteiger partial charge is 0.265 e. The maximum absolute atomic E-state index is 12.3. The van der Waals surface area contributed by atoms with Gasteiger partial charge in [0.05, 0.1) is 6.61 Å². The summed E-state index contributed by atoms with van der Waals surface area (Å²) >= 11 is 0. The Morgan fingerprint density at radius 2 is 1.84 bits per heavy atom. The third-order valence-corrected chi connectivity index (χ3v) is 3.51. The van der Waals surface area contributed by atoms with Gasteiger partial charge in [0, 0.05) is 18.4 Å². The number of anilines is 1. The zero-order chi connectivity index (χ0) is 18.1. The van der Waals surface area contributed by atoms with Crippen LogP contribution in [0.5, 0.6) is 11.5 Å². The molecule has 0 aliphatic carbocycles. The standard InChI is InChI=1S/C20H25NO4/c1-4-23-12-13-24-19-7-5-6-17(14-19)21-20(22)16(3)25-18-10-8-15(2)9-11-18/h5-11,14,16H,4,12-13H2,1-3H3,(H,21,22). The van der Waals surface area contributed by atoms with Crippen molar-refractivity contribution in [3.05, 3.63) is 54.1 Å². The van der Waals surface area contributed by atoms with Gasteiger partial charge in [-0.2, -0.15) is 0 Å². The van der Waals surface area contributed by atoms with Crippen molar-refractivity contribution in [3.63, 3.8) is 0 Å². The van der Waals surface area contributed by atoms with Crippen molar-refractivity contribution < 1.29 is 19.0 Å². The molecule has 0 spiro atoms. The predicted molar refractivity (Wildman–Crippen MR) is 98.3 cm³/mol. The van der Waals surface area contributed by atoms with Gasteiger partial charge in [0.1, 0.15) is 18.1 Å². The van der Waals surface area contributed by atoms with Crippen LogP contribution in [-0.2, 0) is 9.53 Å². The van der Waals surface area contributed by atoms with Gasteiger partial charge in [0.15, 0.2) is 6.10 Å². The molecule has 2 aromatic rings. The molecular weight excluding hydrogens is 318 g/mol. The average molecular weight is 343 g/mol. The highest BCUT2D eigenvalue weighted by atomic mass is 16.5. The maximum atomic E-state index is 12.3. The summed E-state index contributed by atoms with van der Waals surface area (Å²) in [6.45, 7) is 7.34. The van der Waals surface area contributed by atoms with Crippen LogP contribution < -0.4 is 14.8 Å². The van der Waals surface area contributed by atoms with E-state index in [0.29, 0.717) is 37.0 Å². The van der Waals surface area contributed by atoms with E-state index in [9.17, 15) is 4.79 Å². The van der Waals surface area contributed by atoms with Gasteiger partial charge in [-0.15, -0.1) is 0 Å². The van der Waals surface area contributed by atoms with E-state index in [0.717, 1.165) is 5.56 Å². The zero-order valence-corrected chi connectivity index (χ0v) is 15.0. The van der Waals surface area contributed by atoms with E-state index < -0.39 is 6.10 Å². The normalized spacial score (nSPS) is 11.6. The van der Waals surface area contributed by atoms with Crippen molar-refractivity contribution in [2.75, 3.05) is 25.1 Å². The molecular formula is C20H25NO4. The highest BCUT2D eigenvalue weighted by molar-refractivity contribution is 5.94. The number of ether oxygens (including phenoxy) is 3. The first-order valence-corrected chi connectivity index (χ1v) is 8.43. The second-order valence-electron chi connectivity index (χ2n) is 5.64. The first-order valence-electron chi connectivity index (χ1n) is 8.43. The summed E-state index contributed by atoms with van der Waals surface area (Å²) in [5.74, 6) is 1.14. The second-order valence-corrected chi connectivity index (χ2v) is 5.64. The second kappa shape index (κ2) is 9.69. The Hall–Kier alpha value is -2.53. The molecule has 0 aromatic heterocycles. The summed E-state index contributed by atoms with van der Waals surface area (Å²) in [4.78, 5) is 12.3. The van der Waals surface area contributed by atoms with Crippen LogP contribution in [0, 0.1) is 6.92 Å². The Balaban J connectivity index is 1.87. The van der Waals surface area contributed by atoms with Crippen molar-refractivity contribution in [1.29, 1.82) is 0 Å². The van der Waals surface area contributed by atoms with Gasteiger partial charge in [0.25, 0.3) is 5.91 Å². The maximum Gasteiger partial charge on any atom is 0.265 e. The van der Waals surface area contributed by atoms with E-state index in [1.54, 1.807) is 13.0 Å². The number of hydrogen-bond donors (Lipinski definition) is 1. The lowest BCUT2D eigenvalue weighted by Crippen LogP contribution is -2.30. The van der Waals surface area contributed by atoms with Gasteiger partial charge in [0.2, 0.25) is 0 Å². The van der Waals surface area contributed by atoms with Crippen LogP contribution in [0.3, 0.4) is 0 Å². The fraction of sp³-hybridized carbons (Fsp3) is 0.350. The van der Waals surface area contributed by atoms with E-state index >= 15 is 0 Å². The number of aryl methyl sites for hydroxylation is 1. The molecule has 25 heavy (non-hydrogen) atoms. The Morgan fingerprint density at radius 3 is 2.56 bits per heavy atom. The van der Waals surface area contributed by atoms with Crippen molar-refractivity contribution in [2.24, 2.45) is 0 Å². The zero-order valence-electron chi connectivity index (χ0n) is 15.0. The number of nitrogens with one attached hydrogen (secondary N) is 1. The molecule has 134 valence electrons. The molecule has 1 N–H and O–H groups in total. The van der Waals surface area contributed by atoms with E-state index in [4.69, 9.17) is 14.2 Å². The van der Waals surface area contributed by atoms with Crippen LogP contribution in [-0.4, -0.2) is 31.8 Å². The monoisotopic (exact) mass is 343 g/mol. The fourth-order valence-electron chi connectivity index (χ4n) is 2.14. The summed E-state index contributed by atoms with van der Waals surface area (Å²) in [6.07, 6.45) is -0.606. The van der Waals surface area contributed by atoms with Crippen molar-refractivity contribution in [2.45, 2.75) is 26.9 Å². The van der Waals surface area contributed by atoms with Crippen LogP contribution in [0.15, 0.2) is 48.5 Å². The molecule has 1 unspecified atom stereocenters. The van der Waals surface area contributed by atoms with Gasteiger partial charge in [-0.25, -0.2) is 0 Å². The molecule has 0 fully saturated rings. The lowest BCUT2D eigenvalue weighted by molar-refractivity contribution is -0.122. The number of carbonyl (C=O) groups excluding carboxylic acids is 1. The third kappa shape index (κ3) is 6.47. The van der Waals surface area contributed by atoms with Gasteiger partial charge >= 0.3 is 0 Å².